The number of imide groups is 2. The van der Waals surface area contributed by atoms with Crippen LogP contribution in [0.2, 0.25) is 0 Å². The maximum absolute atomic E-state index is 13.3. The summed E-state index contributed by atoms with van der Waals surface area (Å²) in [5.41, 5.74) is 7.00. The first-order valence-electron chi connectivity index (χ1n) is 11.5. The number of hydrogen-bond donors (Lipinski definition) is 2. The predicted octanol–water partition coefficient (Wildman–Crippen LogP) is 0.729. The Labute approximate surface area is 187 Å². The van der Waals surface area contributed by atoms with E-state index < -0.39 is 23.8 Å². The second kappa shape index (κ2) is 9.79. The van der Waals surface area contributed by atoms with E-state index in [1.165, 1.54) is 12.8 Å². The van der Waals surface area contributed by atoms with Gasteiger partial charge in [-0.25, -0.2) is 0 Å². The molecule has 0 spiro atoms. The van der Waals surface area contributed by atoms with Crippen molar-refractivity contribution in [3.8, 4) is 0 Å². The van der Waals surface area contributed by atoms with Gasteiger partial charge < -0.3 is 10.6 Å². The van der Waals surface area contributed by atoms with E-state index in [4.69, 9.17) is 5.73 Å². The van der Waals surface area contributed by atoms with Gasteiger partial charge in [-0.3, -0.25) is 34.3 Å². The molecule has 9 heteroatoms. The molecule has 3 aliphatic rings. The number of amides is 4. The first-order valence-corrected chi connectivity index (χ1v) is 11.5. The van der Waals surface area contributed by atoms with Gasteiger partial charge >= 0.3 is 0 Å². The van der Waals surface area contributed by atoms with E-state index in [-0.39, 0.29) is 18.7 Å². The van der Waals surface area contributed by atoms with Gasteiger partial charge in [0.15, 0.2) is 0 Å². The quantitative estimate of drug-likeness (QED) is 0.451. The summed E-state index contributed by atoms with van der Waals surface area (Å²) in [5.74, 6) is -1.87. The molecule has 1 atom stereocenters. The van der Waals surface area contributed by atoms with Gasteiger partial charge in [0, 0.05) is 32.6 Å². The number of piperazine rings is 1. The van der Waals surface area contributed by atoms with Crippen LogP contribution in [0.1, 0.15) is 59.2 Å². The molecule has 0 aromatic heterocycles. The van der Waals surface area contributed by atoms with Crippen LogP contribution in [0.25, 0.3) is 0 Å². The molecule has 2 fully saturated rings. The molecule has 0 saturated carbocycles. The lowest BCUT2D eigenvalue weighted by Crippen LogP contribution is -2.54. The minimum absolute atomic E-state index is 0.116. The molecule has 3 heterocycles. The number of hydrogen-bond acceptors (Lipinski definition) is 7. The van der Waals surface area contributed by atoms with Crippen LogP contribution in [0.3, 0.4) is 0 Å². The first kappa shape index (κ1) is 22.4. The van der Waals surface area contributed by atoms with Crippen molar-refractivity contribution in [2.45, 2.75) is 44.6 Å². The zero-order valence-electron chi connectivity index (χ0n) is 18.3. The molecule has 1 aromatic rings. The number of benzene rings is 1. The standard InChI is InChI=1S/C23H31N5O4/c24-10-3-1-2-4-11-26-12-14-27(15-13-26)17-7-5-6-16-20(17)23(32)28(22(16)31)18-8-9-19(29)25-21(18)30/h5-7,18H,1-4,8-15,24H2,(H,25,29,30). The molecule has 4 amide bonds. The van der Waals surface area contributed by atoms with Crippen LogP contribution >= 0.6 is 0 Å². The highest BCUT2D eigenvalue weighted by Crippen LogP contribution is 2.34. The van der Waals surface area contributed by atoms with E-state index in [0.717, 1.165) is 62.7 Å². The average molecular weight is 442 g/mol. The smallest absolute Gasteiger partial charge is 0.264 e. The molecule has 1 unspecified atom stereocenters. The average Bonchev–Trinajstić information content (AvgIpc) is 3.05. The van der Waals surface area contributed by atoms with E-state index in [2.05, 4.69) is 15.1 Å². The Hall–Kier alpha value is -2.78. The Balaban J connectivity index is 1.43. The fourth-order valence-electron chi connectivity index (χ4n) is 4.81. The third-order valence-electron chi connectivity index (χ3n) is 6.59. The maximum atomic E-state index is 13.3. The number of nitrogens with zero attached hydrogens (tertiary/aromatic N) is 3. The number of anilines is 1. The third kappa shape index (κ3) is 4.40. The summed E-state index contributed by atoms with van der Waals surface area (Å²) in [4.78, 5) is 55.7. The summed E-state index contributed by atoms with van der Waals surface area (Å²) in [6.45, 7) is 5.17. The van der Waals surface area contributed by atoms with Gasteiger partial charge in [0.2, 0.25) is 11.8 Å². The number of unbranched alkanes of at least 4 members (excludes halogenated alkanes) is 3. The van der Waals surface area contributed by atoms with Crippen LogP contribution in [0, 0.1) is 0 Å². The SMILES string of the molecule is NCCCCCCN1CCN(c2cccc3c2C(=O)N(C2CCC(=O)NC2=O)C3=O)CC1. The highest BCUT2D eigenvalue weighted by molar-refractivity contribution is 6.25. The number of nitrogens with two attached hydrogens (primary N) is 1. The molecule has 32 heavy (non-hydrogen) atoms. The molecule has 3 aliphatic heterocycles. The summed E-state index contributed by atoms with van der Waals surface area (Å²) in [6.07, 6.45) is 4.88. The molecule has 0 radical (unpaired) electrons. The highest BCUT2D eigenvalue weighted by atomic mass is 16.2. The summed E-state index contributed by atoms with van der Waals surface area (Å²) in [6, 6.07) is 4.37. The van der Waals surface area contributed by atoms with E-state index in [0.29, 0.717) is 11.1 Å². The van der Waals surface area contributed by atoms with Crippen LogP contribution in [0.5, 0.6) is 0 Å². The lowest BCUT2D eigenvalue weighted by molar-refractivity contribution is -0.136. The number of piperidine rings is 1. The number of nitrogens with one attached hydrogen (secondary N) is 1. The summed E-state index contributed by atoms with van der Waals surface area (Å²) < 4.78 is 0. The van der Waals surface area contributed by atoms with Crippen molar-refractivity contribution in [2.24, 2.45) is 5.73 Å². The molecule has 0 bridgehead atoms. The molecule has 9 nitrogen and oxygen atoms in total. The Morgan fingerprint density at radius 3 is 2.41 bits per heavy atom. The van der Waals surface area contributed by atoms with Crippen LogP contribution in [0.15, 0.2) is 18.2 Å². The van der Waals surface area contributed by atoms with Crippen LogP contribution in [-0.2, 0) is 9.59 Å². The van der Waals surface area contributed by atoms with Crippen molar-refractivity contribution in [1.82, 2.24) is 15.1 Å². The van der Waals surface area contributed by atoms with E-state index >= 15 is 0 Å². The molecule has 0 aliphatic carbocycles. The zero-order valence-corrected chi connectivity index (χ0v) is 18.3. The van der Waals surface area contributed by atoms with Gasteiger partial charge in [0.25, 0.3) is 11.8 Å². The fourth-order valence-corrected chi connectivity index (χ4v) is 4.81. The molecule has 172 valence electrons. The van der Waals surface area contributed by atoms with Crippen molar-refractivity contribution in [3.05, 3.63) is 29.3 Å². The molecule has 4 rings (SSSR count). The van der Waals surface area contributed by atoms with Crippen molar-refractivity contribution in [1.29, 1.82) is 0 Å². The topological polar surface area (TPSA) is 116 Å². The largest absolute Gasteiger partial charge is 0.368 e. The van der Waals surface area contributed by atoms with E-state index in [9.17, 15) is 19.2 Å². The second-order valence-electron chi connectivity index (χ2n) is 8.68. The molecule has 3 N–H and O–H groups in total. The monoisotopic (exact) mass is 441 g/mol. The minimum Gasteiger partial charge on any atom is -0.368 e. The number of carbonyl (C=O) groups is 4. The number of carbonyl (C=O) groups excluding carboxylic acids is 4. The lowest BCUT2D eigenvalue weighted by atomic mass is 10.0. The van der Waals surface area contributed by atoms with E-state index in [1.54, 1.807) is 12.1 Å². The van der Waals surface area contributed by atoms with Gasteiger partial charge in [-0.1, -0.05) is 18.9 Å². The maximum Gasteiger partial charge on any atom is 0.264 e. The molecule has 1 aromatic carbocycles. The second-order valence-corrected chi connectivity index (χ2v) is 8.68. The van der Waals surface area contributed by atoms with Gasteiger partial charge in [0.1, 0.15) is 6.04 Å². The molecular weight excluding hydrogens is 410 g/mol. The van der Waals surface area contributed by atoms with Gasteiger partial charge in [0.05, 0.1) is 16.8 Å². The lowest BCUT2D eigenvalue weighted by Gasteiger charge is -2.36. The van der Waals surface area contributed by atoms with Gasteiger partial charge in [-0.05, 0) is 44.5 Å². The van der Waals surface area contributed by atoms with Gasteiger partial charge in [-0.15, -0.1) is 0 Å². The Kier molecular flexibility index (Phi) is 6.86. The van der Waals surface area contributed by atoms with Crippen molar-refractivity contribution in [3.63, 3.8) is 0 Å². The van der Waals surface area contributed by atoms with E-state index in [1.807, 2.05) is 6.07 Å². The van der Waals surface area contributed by atoms with Crippen LogP contribution in [-0.4, -0.2) is 78.7 Å². The van der Waals surface area contributed by atoms with Crippen LogP contribution < -0.4 is 16.0 Å². The number of rotatable bonds is 8. The van der Waals surface area contributed by atoms with Crippen LogP contribution in [0.4, 0.5) is 5.69 Å². The Morgan fingerprint density at radius 2 is 1.69 bits per heavy atom. The molecule has 2 saturated heterocycles. The minimum atomic E-state index is -0.941. The summed E-state index contributed by atoms with van der Waals surface area (Å²) in [5, 5.41) is 2.24. The summed E-state index contributed by atoms with van der Waals surface area (Å²) >= 11 is 0. The normalized spacial score (nSPS) is 21.8. The van der Waals surface area contributed by atoms with Gasteiger partial charge in [-0.2, -0.15) is 0 Å². The number of fused-ring (bicyclic) bond motifs is 1. The zero-order chi connectivity index (χ0) is 22.7. The Bertz CT molecular complexity index is 910. The summed E-state index contributed by atoms with van der Waals surface area (Å²) in [7, 11) is 0. The highest BCUT2D eigenvalue weighted by Gasteiger charge is 2.46. The van der Waals surface area contributed by atoms with Crippen molar-refractivity contribution in [2.75, 3.05) is 44.2 Å². The molecular formula is C23H31N5O4. The van der Waals surface area contributed by atoms with Crippen molar-refractivity contribution < 1.29 is 19.2 Å². The first-order chi connectivity index (χ1) is 15.5. The fraction of sp³-hybridized carbons (Fsp3) is 0.565. The van der Waals surface area contributed by atoms with Crippen molar-refractivity contribution >= 4 is 29.3 Å². The Morgan fingerprint density at radius 1 is 0.938 bits per heavy atom. The predicted molar refractivity (Wildman–Crippen MR) is 119 cm³/mol. The third-order valence-corrected chi connectivity index (χ3v) is 6.59.